The average Bonchev–Trinajstić information content (AvgIpc) is 1.62. The van der Waals surface area contributed by atoms with Gasteiger partial charge in [0.1, 0.15) is 41.3 Å². The maximum absolute atomic E-state index is 13.1. The lowest BCUT2D eigenvalue weighted by Gasteiger charge is -2.29. The van der Waals surface area contributed by atoms with Crippen molar-refractivity contribution in [3.8, 4) is 56.8 Å². The van der Waals surface area contributed by atoms with Gasteiger partial charge in [0.05, 0.1) is 90.8 Å². The first-order valence-electron chi connectivity index (χ1n) is 35.8. The smallest absolute Gasteiger partial charge is 0.394 e. The van der Waals surface area contributed by atoms with E-state index in [1.807, 2.05) is 123 Å². The van der Waals surface area contributed by atoms with Crippen LogP contribution < -0.4 is 21.3 Å². The number of nitrogens with zero attached hydrogens (tertiary/aromatic N) is 20. The van der Waals surface area contributed by atoms with Gasteiger partial charge in [0, 0.05) is 131 Å². The number of pyridine rings is 4. The summed E-state index contributed by atoms with van der Waals surface area (Å²) in [5.74, 6) is 1.78. The molecule has 30 nitrogen and oxygen atoms in total. The van der Waals surface area contributed by atoms with E-state index in [4.69, 9.17) is 19.7 Å². The van der Waals surface area contributed by atoms with Crippen LogP contribution in [0.4, 0.5) is 54.0 Å². The first kappa shape index (κ1) is 77.9. The van der Waals surface area contributed by atoms with E-state index in [0.29, 0.717) is 70.1 Å². The molecule has 1 fully saturated rings. The summed E-state index contributed by atoms with van der Waals surface area (Å²) in [6.07, 6.45) is 20.1. The second-order valence-electron chi connectivity index (χ2n) is 27.9. The number of hydrogen-bond acceptors (Lipinski definition) is 22. The number of halogens is 3. The highest BCUT2D eigenvalue weighted by Gasteiger charge is 2.33. The number of aliphatic hydroxyl groups excluding tert-OH is 2. The zero-order chi connectivity index (χ0) is 79.4. The Bertz CT molecular complexity index is 5850. The first-order valence-corrected chi connectivity index (χ1v) is 35.8. The van der Waals surface area contributed by atoms with Crippen molar-refractivity contribution in [1.29, 1.82) is 5.26 Å². The lowest BCUT2D eigenvalue weighted by molar-refractivity contribution is -0.137. The van der Waals surface area contributed by atoms with E-state index in [2.05, 4.69) is 144 Å². The number of rotatable bonds is 19. The lowest BCUT2D eigenvalue weighted by Crippen LogP contribution is -2.37. The number of likely N-dealkylation sites (N-methyl/N-ethyl adjacent to an activating group) is 1. The van der Waals surface area contributed by atoms with Gasteiger partial charge in [-0.15, -0.1) is 0 Å². The molecule has 1 saturated heterocycles. The van der Waals surface area contributed by atoms with Crippen LogP contribution >= 0.6 is 0 Å². The molecule has 568 valence electrons. The minimum atomic E-state index is -4.55. The number of nitrogens with one attached hydrogen (secondary N) is 8. The van der Waals surface area contributed by atoms with Crippen molar-refractivity contribution in [2.45, 2.75) is 106 Å². The van der Waals surface area contributed by atoms with Crippen molar-refractivity contribution in [3.05, 3.63) is 203 Å². The Balaban J connectivity index is 0.000000139. The summed E-state index contributed by atoms with van der Waals surface area (Å²) in [6.45, 7) is 43.8. The lowest BCUT2D eigenvalue weighted by atomic mass is 9.87. The van der Waals surface area contributed by atoms with Crippen LogP contribution in [0, 0.1) is 63.2 Å². The topological polar surface area (TPSA) is 377 Å². The van der Waals surface area contributed by atoms with Crippen molar-refractivity contribution in [3.63, 3.8) is 0 Å². The largest absolute Gasteiger partial charge is 0.417 e. The molecule has 0 saturated carbocycles. The number of anilines is 4. The molecular formula is C79H79F3N28O2. The van der Waals surface area contributed by atoms with Gasteiger partial charge in [-0.05, 0) is 117 Å². The fraction of sp³-hybridized carbons (Fsp3) is 0.291. The predicted molar refractivity (Wildman–Crippen MR) is 422 cm³/mol. The molecular weight excluding hydrogens is 1430 g/mol. The Kier molecular flexibility index (Phi) is 23.8. The number of alkyl halides is 3. The Hall–Kier alpha value is -13.7. The molecule has 10 N–H and O–H groups in total. The third-order valence-electron chi connectivity index (χ3n) is 18.8. The Morgan fingerprint density at radius 3 is 1.56 bits per heavy atom. The maximum atomic E-state index is 13.1. The molecule has 1 aliphatic heterocycles. The molecule has 1 aromatic carbocycles. The van der Waals surface area contributed by atoms with Crippen LogP contribution in [-0.4, -0.2) is 161 Å². The van der Waals surface area contributed by atoms with Gasteiger partial charge in [-0.1, -0.05) is 53.7 Å². The monoisotopic (exact) mass is 1510 g/mol. The van der Waals surface area contributed by atoms with E-state index in [1.165, 1.54) is 37.8 Å². The van der Waals surface area contributed by atoms with Gasteiger partial charge in [-0.2, -0.15) is 23.5 Å². The number of aromatic nitrogens is 19. The molecule has 14 heterocycles. The van der Waals surface area contributed by atoms with Crippen molar-refractivity contribution in [1.82, 2.24) is 99.4 Å². The minimum Gasteiger partial charge on any atom is -0.394 e. The normalized spacial score (nSPS) is 13.4. The number of H-pyrrole nitrogens is 4. The molecule has 13 aromatic heterocycles. The number of likely N-dealkylation sites (tertiary alicyclic amines) is 1. The van der Waals surface area contributed by atoms with Crippen LogP contribution in [0.5, 0.6) is 0 Å². The molecule has 3 atom stereocenters. The van der Waals surface area contributed by atoms with E-state index in [9.17, 15) is 28.6 Å². The van der Waals surface area contributed by atoms with Crippen molar-refractivity contribution >= 4 is 85.0 Å². The van der Waals surface area contributed by atoms with E-state index in [-0.39, 0.29) is 64.9 Å². The molecule has 2 unspecified atom stereocenters. The molecule has 0 amide bonds. The molecule has 14 aromatic rings. The van der Waals surface area contributed by atoms with Crippen molar-refractivity contribution < 1.29 is 23.4 Å². The van der Waals surface area contributed by atoms with Crippen LogP contribution in [0.1, 0.15) is 87.8 Å². The van der Waals surface area contributed by atoms with Gasteiger partial charge in [0.2, 0.25) is 40.9 Å². The fourth-order valence-corrected chi connectivity index (χ4v) is 12.6. The summed E-state index contributed by atoms with van der Waals surface area (Å²) in [5.41, 5.74) is 12.5. The third kappa shape index (κ3) is 17.8. The molecule has 33 heteroatoms. The van der Waals surface area contributed by atoms with Crippen LogP contribution in [0.25, 0.3) is 109 Å². The van der Waals surface area contributed by atoms with Crippen molar-refractivity contribution in [2.75, 3.05) is 54.1 Å². The highest BCUT2D eigenvalue weighted by Crippen LogP contribution is 2.39. The van der Waals surface area contributed by atoms with E-state index >= 15 is 0 Å². The number of nitriles is 1. The van der Waals surface area contributed by atoms with Gasteiger partial charge in [0.15, 0.2) is 0 Å². The molecule has 0 aliphatic carbocycles. The number of aromatic amines is 4. The summed E-state index contributed by atoms with van der Waals surface area (Å²) in [5, 5.41) is 48.5. The number of aryl methyl sites for hydroxylation is 3. The highest BCUT2D eigenvalue weighted by molar-refractivity contribution is 5.99. The maximum Gasteiger partial charge on any atom is 0.417 e. The molecule has 0 radical (unpaired) electrons. The van der Waals surface area contributed by atoms with Crippen LogP contribution in [0.3, 0.4) is 0 Å². The van der Waals surface area contributed by atoms with E-state index < -0.39 is 11.7 Å². The van der Waals surface area contributed by atoms with E-state index in [0.717, 1.165) is 110 Å². The summed E-state index contributed by atoms with van der Waals surface area (Å²) in [7, 11) is 0. The molecule has 0 bridgehead atoms. The third-order valence-corrected chi connectivity index (χ3v) is 18.8. The summed E-state index contributed by atoms with van der Waals surface area (Å²) in [6, 6.07) is 17.0. The Morgan fingerprint density at radius 1 is 0.607 bits per heavy atom. The van der Waals surface area contributed by atoms with Crippen LogP contribution in [0.2, 0.25) is 0 Å². The number of fused-ring (bicyclic) bond motifs is 4. The molecule has 0 spiro atoms. The van der Waals surface area contributed by atoms with Crippen LogP contribution in [0.15, 0.2) is 136 Å². The summed E-state index contributed by atoms with van der Waals surface area (Å²) < 4.78 is 41.0. The molecule has 15 rings (SSSR count). The first-order chi connectivity index (χ1) is 54.0. The van der Waals surface area contributed by atoms with Gasteiger partial charge in [-0.25, -0.2) is 84.0 Å². The van der Waals surface area contributed by atoms with Gasteiger partial charge in [-0.3, -0.25) is 4.90 Å². The Morgan fingerprint density at radius 2 is 1.09 bits per heavy atom. The second-order valence-corrected chi connectivity index (χ2v) is 27.9. The quantitative estimate of drug-likeness (QED) is 0.0336. The number of aliphatic hydroxyl groups is 2. The fourth-order valence-electron chi connectivity index (χ4n) is 12.6. The number of hydrogen-bond donors (Lipinski definition) is 10. The standard InChI is InChI=1S/C22H17N9.C20H23N7.C19H19F3N6O.C18H20N6O/c1-14-6-17-18(10-26-21(17)25-8-14)20-19(23-2)11-28-22(30-20)27-9-15-4-3-5-16(7-15)31-13-24-12-29-31;1-4-27-7-5-6-14(27)10-24-20-25-12-17(21-3)18(26-20)16-11-23-19-15(16)8-13(2)9-22-19;1-18(2,3)14(9-29)27-17-26-6-10(5-23)15(28-17)13-8-25-16-12(13)4-11(7-24-16)19(20,21)22;1-10(2)15(9-25)23-18-22-8-14(19-4)16(24-18)13-7-21-17-12(13)5-11(3)6-20-17/h3-8,10-13H,9H2,1H3,(H,25,26)(H,27,28,30);8-9,11-12,14H,4-7,10H2,1-2H3,(H,22,23)(H,24,25,26);4,6-8,14,29H,9H2,1-3H3,(H,24,25)(H,26,27,28);5-8,10,15,25H,9H2,1-3H3,(H,20,21)(H,22,23,24)/t;;;15-/m...0/s1. The zero-order valence-corrected chi connectivity index (χ0v) is 62.6. The average molecular weight is 1510 g/mol. The highest BCUT2D eigenvalue weighted by atomic mass is 19.4. The summed E-state index contributed by atoms with van der Waals surface area (Å²) in [4.78, 5) is 81.7. The zero-order valence-electron chi connectivity index (χ0n) is 62.6. The summed E-state index contributed by atoms with van der Waals surface area (Å²) >= 11 is 0. The van der Waals surface area contributed by atoms with E-state index in [1.54, 1.807) is 35.8 Å². The number of benzene rings is 1. The molecule has 112 heavy (non-hydrogen) atoms. The predicted octanol–water partition coefficient (Wildman–Crippen LogP) is 14.9. The Labute approximate surface area is 641 Å². The SMILES string of the molecule is CC(C)(C)C(CO)Nc1ncc(C#N)c(-c2c[nH]c3ncc(C(F)(F)F)cc23)n1.[C-]#[N+]c1cnc(NCC2CCCN2CC)nc1-c1c[nH]c2ncc(C)cc12.[C-]#[N+]c1cnc(NCc2cccc(-n3cncn3)c2)nc1-c1c[nH]c2ncc(C)cc12.[C-]#[N+]c1cnc(N[C@@H](CO)C(C)C)nc1-c1c[nH]c2ncc(C)cc12. The second kappa shape index (κ2) is 34.2. The van der Waals surface area contributed by atoms with Gasteiger partial charge in [0.25, 0.3) is 0 Å². The van der Waals surface area contributed by atoms with Crippen LogP contribution in [-0.2, 0) is 12.7 Å². The van der Waals surface area contributed by atoms with Crippen molar-refractivity contribution in [2.24, 2.45) is 11.3 Å². The minimum absolute atomic E-state index is 0.0167. The van der Waals surface area contributed by atoms with Gasteiger partial charge >= 0.3 is 6.18 Å². The van der Waals surface area contributed by atoms with Gasteiger partial charge < -0.3 is 51.4 Å². The molecule has 1 aliphatic rings.